The van der Waals surface area contributed by atoms with Gasteiger partial charge in [-0.1, -0.05) is 13.3 Å². The van der Waals surface area contributed by atoms with Crippen molar-refractivity contribution in [1.29, 1.82) is 0 Å². The Balaban J connectivity index is 1.66. The predicted molar refractivity (Wildman–Crippen MR) is 69.4 cm³/mol. The fourth-order valence-electron chi connectivity index (χ4n) is 3.31. The molecule has 3 N–H and O–H groups in total. The van der Waals surface area contributed by atoms with Gasteiger partial charge in [-0.25, -0.2) is 0 Å². The lowest BCUT2D eigenvalue weighted by molar-refractivity contribution is -0.125. The molecule has 3 unspecified atom stereocenters. The van der Waals surface area contributed by atoms with Gasteiger partial charge in [-0.2, -0.15) is 0 Å². The van der Waals surface area contributed by atoms with Crippen molar-refractivity contribution < 1.29 is 4.79 Å². The number of hydrogen-bond donors (Lipinski definition) is 2. The SMILES string of the molecule is CCCC(CCN)CNC(=O)C1CC2CC2C1. The first-order chi connectivity index (χ1) is 8.24. The Morgan fingerprint density at radius 3 is 2.59 bits per heavy atom. The summed E-state index contributed by atoms with van der Waals surface area (Å²) >= 11 is 0. The Morgan fingerprint density at radius 2 is 2.00 bits per heavy atom. The maximum Gasteiger partial charge on any atom is 0.223 e. The molecule has 3 nitrogen and oxygen atoms in total. The molecule has 0 aromatic carbocycles. The van der Waals surface area contributed by atoms with E-state index in [1.54, 1.807) is 0 Å². The summed E-state index contributed by atoms with van der Waals surface area (Å²) in [5.41, 5.74) is 5.60. The van der Waals surface area contributed by atoms with Gasteiger partial charge in [-0.05, 0) is 56.4 Å². The standard InChI is InChI=1S/C14H26N2O/c1-2-3-10(4-5-15)9-16-14(17)13-7-11-6-12(11)8-13/h10-13H,2-9,15H2,1H3,(H,16,17). The molecule has 2 fully saturated rings. The van der Waals surface area contributed by atoms with Crippen molar-refractivity contribution in [2.45, 2.75) is 45.4 Å². The third kappa shape index (κ3) is 3.44. The van der Waals surface area contributed by atoms with Crippen LogP contribution in [0.5, 0.6) is 0 Å². The normalized spacial score (nSPS) is 32.0. The minimum Gasteiger partial charge on any atom is -0.356 e. The molecule has 0 spiro atoms. The lowest BCUT2D eigenvalue weighted by Crippen LogP contribution is -2.34. The number of carbonyl (C=O) groups excluding carboxylic acids is 1. The van der Waals surface area contributed by atoms with Crippen molar-refractivity contribution >= 4 is 5.91 Å². The molecule has 2 aliphatic rings. The van der Waals surface area contributed by atoms with E-state index in [1.165, 1.54) is 19.3 Å². The fourth-order valence-corrected chi connectivity index (χ4v) is 3.31. The Morgan fingerprint density at radius 1 is 1.29 bits per heavy atom. The van der Waals surface area contributed by atoms with Crippen LogP contribution in [0.25, 0.3) is 0 Å². The smallest absolute Gasteiger partial charge is 0.223 e. The van der Waals surface area contributed by atoms with Crippen LogP contribution in [0.2, 0.25) is 0 Å². The lowest BCUT2D eigenvalue weighted by Gasteiger charge is -2.18. The summed E-state index contributed by atoms with van der Waals surface area (Å²) in [5, 5.41) is 3.14. The highest BCUT2D eigenvalue weighted by Crippen LogP contribution is 2.54. The zero-order valence-corrected chi connectivity index (χ0v) is 11.0. The van der Waals surface area contributed by atoms with Crippen molar-refractivity contribution in [3.8, 4) is 0 Å². The molecule has 3 atom stereocenters. The summed E-state index contributed by atoms with van der Waals surface area (Å²) in [7, 11) is 0. The quantitative estimate of drug-likeness (QED) is 0.712. The monoisotopic (exact) mass is 238 g/mol. The van der Waals surface area contributed by atoms with Gasteiger partial charge in [0.2, 0.25) is 5.91 Å². The average molecular weight is 238 g/mol. The average Bonchev–Trinajstić information content (AvgIpc) is 2.93. The molecule has 0 saturated heterocycles. The molecule has 98 valence electrons. The highest BCUT2D eigenvalue weighted by atomic mass is 16.1. The lowest BCUT2D eigenvalue weighted by atomic mass is 9.98. The van der Waals surface area contributed by atoms with Crippen LogP contribution in [0, 0.1) is 23.7 Å². The van der Waals surface area contributed by atoms with E-state index < -0.39 is 0 Å². The number of nitrogens with two attached hydrogens (primary N) is 1. The molecule has 1 amide bonds. The summed E-state index contributed by atoms with van der Waals surface area (Å²) in [6.45, 7) is 3.75. The first-order valence-corrected chi connectivity index (χ1v) is 7.22. The number of amides is 1. The van der Waals surface area contributed by atoms with Gasteiger partial charge in [0.15, 0.2) is 0 Å². The van der Waals surface area contributed by atoms with E-state index in [1.807, 2.05) is 0 Å². The van der Waals surface area contributed by atoms with E-state index >= 15 is 0 Å². The molecule has 0 aliphatic heterocycles. The van der Waals surface area contributed by atoms with E-state index in [-0.39, 0.29) is 0 Å². The summed E-state index contributed by atoms with van der Waals surface area (Å²) in [6.07, 6.45) is 7.05. The number of carbonyl (C=O) groups is 1. The largest absolute Gasteiger partial charge is 0.356 e. The van der Waals surface area contributed by atoms with Gasteiger partial charge < -0.3 is 11.1 Å². The summed E-state index contributed by atoms with van der Waals surface area (Å²) < 4.78 is 0. The van der Waals surface area contributed by atoms with Gasteiger partial charge in [-0.15, -0.1) is 0 Å². The second kappa shape index (κ2) is 5.85. The van der Waals surface area contributed by atoms with Crippen LogP contribution in [0.4, 0.5) is 0 Å². The first kappa shape index (κ1) is 12.9. The van der Waals surface area contributed by atoms with Gasteiger partial charge >= 0.3 is 0 Å². The van der Waals surface area contributed by atoms with Crippen LogP contribution in [0.15, 0.2) is 0 Å². The topological polar surface area (TPSA) is 55.1 Å². The van der Waals surface area contributed by atoms with Crippen LogP contribution in [0.1, 0.15) is 45.4 Å². The molecule has 0 bridgehead atoms. The van der Waals surface area contributed by atoms with E-state index in [9.17, 15) is 4.79 Å². The van der Waals surface area contributed by atoms with Crippen LogP contribution in [-0.4, -0.2) is 19.0 Å². The zero-order valence-electron chi connectivity index (χ0n) is 11.0. The van der Waals surface area contributed by atoms with E-state index in [4.69, 9.17) is 5.73 Å². The zero-order chi connectivity index (χ0) is 12.3. The summed E-state index contributed by atoms with van der Waals surface area (Å²) in [4.78, 5) is 12.0. The summed E-state index contributed by atoms with van der Waals surface area (Å²) in [5.74, 6) is 2.97. The van der Waals surface area contributed by atoms with Gasteiger partial charge in [0.1, 0.15) is 0 Å². The highest BCUT2D eigenvalue weighted by molar-refractivity contribution is 5.79. The second-order valence-electron chi connectivity index (χ2n) is 5.90. The Hall–Kier alpha value is -0.570. The Kier molecular flexibility index (Phi) is 4.43. The van der Waals surface area contributed by atoms with Crippen molar-refractivity contribution in [2.24, 2.45) is 29.4 Å². The van der Waals surface area contributed by atoms with Crippen molar-refractivity contribution in [3.05, 3.63) is 0 Å². The molecule has 2 rings (SSSR count). The number of fused-ring (bicyclic) bond motifs is 1. The summed E-state index contributed by atoms with van der Waals surface area (Å²) in [6, 6.07) is 0. The molecule has 0 radical (unpaired) electrons. The molecule has 17 heavy (non-hydrogen) atoms. The van der Waals surface area contributed by atoms with E-state index in [0.717, 1.165) is 44.2 Å². The van der Waals surface area contributed by atoms with E-state index in [2.05, 4.69) is 12.2 Å². The third-order valence-corrected chi connectivity index (χ3v) is 4.45. The number of nitrogens with one attached hydrogen (secondary N) is 1. The van der Waals surface area contributed by atoms with Crippen LogP contribution < -0.4 is 11.1 Å². The van der Waals surface area contributed by atoms with Crippen LogP contribution >= 0.6 is 0 Å². The second-order valence-corrected chi connectivity index (χ2v) is 5.90. The maximum atomic E-state index is 12.0. The van der Waals surface area contributed by atoms with Gasteiger partial charge in [0.25, 0.3) is 0 Å². The fraction of sp³-hybridized carbons (Fsp3) is 0.929. The molecule has 0 aromatic heterocycles. The molecule has 2 saturated carbocycles. The molecular weight excluding hydrogens is 212 g/mol. The van der Waals surface area contributed by atoms with Crippen molar-refractivity contribution in [2.75, 3.05) is 13.1 Å². The molecular formula is C14H26N2O. The van der Waals surface area contributed by atoms with E-state index in [0.29, 0.717) is 17.7 Å². The minimum absolute atomic E-state index is 0.301. The molecule has 0 aromatic rings. The molecule has 3 heteroatoms. The molecule has 2 aliphatic carbocycles. The van der Waals surface area contributed by atoms with Gasteiger partial charge in [0.05, 0.1) is 0 Å². The van der Waals surface area contributed by atoms with Crippen molar-refractivity contribution in [1.82, 2.24) is 5.32 Å². The molecule has 0 heterocycles. The van der Waals surface area contributed by atoms with Crippen LogP contribution in [0.3, 0.4) is 0 Å². The Bertz CT molecular complexity index is 251. The van der Waals surface area contributed by atoms with Crippen molar-refractivity contribution in [3.63, 3.8) is 0 Å². The van der Waals surface area contributed by atoms with Gasteiger partial charge in [-0.3, -0.25) is 4.79 Å². The first-order valence-electron chi connectivity index (χ1n) is 7.22. The maximum absolute atomic E-state index is 12.0. The highest BCUT2D eigenvalue weighted by Gasteiger charge is 2.47. The van der Waals surface area contributed by atoms with Gasteiger partial charge in [0, 0.05) is 12.5 Å². The number of hydrogen-bond acceptors (Lipinski definition) is 2. The predicted octanol–water partition coefficient (Wildman–Crippen LogP) is 1.91. The Labute approximate surface area is 105 Å². The minimum atomic E-state index is 0.301. The number of rotatable bonds is 7. The van der Waals surface area contributed by atoms with Crippen LogP contribution in [-0.2, 0) is 4.79 Å². The third-order valence-electron chi connectivity index (χ3n) is 4.45.